The summed E-state index contributed by atoms with van der Waals surface area (Å²) < 4.78 is 4.83. The van der Waals surface area contributed by atoms with Crippen LogP contribution in [0, 0.1) is 46.3 Å². The minimum absolute atomic E-state index is 0.111. The molecule has 3 N–H and O–H groups in total. The van der Waals surface area contributed by atoms with Gasteiger partial charge in [0.2, 0.25) is 0 Å². The molecule has 0 amide bonds. The van der Waals surface area contributed by atoms with E-state index in [-0.39, 0.29) is 41.0 Å². The Morgan fingerprint density at radius 1 is 1.07 bits per heavy atom. The van der Waals surface area contributed by atoms with Crippen LogP contribution >= 0.6 is 0 Å². The molecule has 0 aromatic carbocycles. The van der Waals surface area contributed by atoms with Crippen molar-refractivity contribution < 1.29 is 24.9 Å². The fourth-order valence-corrected chi connectivity index (χ4v) is 8.78. The highest BCUT2D eigenvalue weighted by atomic mass is 16.5. The Bertz CT molecular complexity index is 651. The molecule has 0 saturated heterocycles. The highest BCUT2D eigenvalue weighted by Crippen LogP contribution is 2.68. The number of carbonyl (C=O) groups excluding carboxylic acids is 1. The minimum atomic E-state index is -0.369. The topological polar surface area (TPSA) is 87.0 Å². The molecule has 4 rings (SSSR count). The van der Waals surface area contributed by atoms with Crippen LogP contribution in [0.2, 0.25) is 0 Å². The maximum absolute atomic E-state index is 11.7. The van der Waals surface area contributed by atoms with Crippen LogP contribution in [0.1, 0.15) is 78.6 Å². The van der Waals surface area contributed by atoms with Crippen LogP contribution in [-0.4, -0.2) is 46.7 Å². The Balaban J connectivity index is 1.58. The number of esters is 1. The lowest BCUT2D eigenvalue weighted by molar-refractivity contribution is -0.207. The Kier molecular flexibility index (Phi) is 6.04. The minimum Gasteiger partial charge on any atom is -0.469 e. The van der Waals surface area contributed by atoms with Gasteiger partial charge in [-0.25, -0.2) is 0 Å². The highest BCUT2D eigenvalue weighted by molar-refractivity contribution is 5.69. The van der Waals surface area contributed by atoms with Crippen molar-refractivity contribution in [3.05, 3.63) is 0 Å². The second kappa shape index (κ2) is 8.04. The van der Waals surface area contributed by atoms with Crippen LogP contribution in [0.4, 0.5) is 0 Å². The van der Waals surface area contributed by atoms with Crippen LogP contribution in [0.5, 0.6) is 0 Å². The Morgan fingerprint density at radius 3 is 2.50 bits per heavy atom. The Labute approximate surface area is 181 Å². The quantitative estimate of drug-likeness (QED) is 0.603. The summed E-state index contributed by atoms with van der Waals surface area (Å²) in [6.45, 7) is 6.85. The van der Waals surface area contributed by atoms with Gasteiger partial charge in [-0.15, -0.1) is 0 Å². The van der Waals surface area contributed by atoms with Gasteiger partial charge in [0, 0.05) is 6.42 Å². The summed E-state index contributed by atoms with van der Waals surface area (Å²) >= 11 is 0. The van der Waals surface area contributed by atoms with Crippen LogP contribution in [0.3, 0.4) is 0 Å². The lowest BCUT2D eigenvalue weighted by Crippen LogP contribution is -2.62. The van der Waals surface area contributed by atoms with Crippen molar-refractivity contribution in [3.8, 4) is 0 Å². The lowest BCUT2D eigenvalue weighted by Gasteiger charge is -2.63. The molecule has 4 aliphatic carbocycles. The molecule has 0 aromatic heterocycles. The highest BCUT2D eigenvalue weighted by Gasteiger charge is 2.65. The van der Waals surface area contributed by atoms with E-state index in [1.54, 1.807) is 0 Å². The standard InChI is InChI=1S/C25H42O5/c1-14(5-8-22(29)30-4)17-6-7-18-23-19(13-21(28)25(17,18)3)24(2)10-9-16(26)11-15(24)12-20(23)27/h14-21,23,26-28H,5-13H2,1-4H3/t14-,15?,16-,17-,18+,19+,20-,21+,23+,24+,25-/m1/s1. The van der Waals surface area contributed by atoms with Gasteiger partial charge in [-0.1, -0.05) is 20.8 Å². The van der Waals surface area contributed by atoms with E-state index in [0.717, 1.165) is 51.4 Å². The van der Waals surface area contributed by atoms with Crippen molar-refractivity contribution in [2.75, 3.05) is 7.11 Å². The molecule has 0 bridgehead atoms. The molecular weight excluding hydrogens is 380 g/mol. The molecule has 1 unspecified atom stereocenters. The number of carbonyl (C=O) groups is 1. The van der Waals surface area contributed by atoms with Gasteiger partial charge >= 0.3 is 5.97 Å². The molecule has 4 saturated carbocycles. The number of methoxy groups -OCH3 is 1. The largest absolute Gasteiger partial charge is 0.469 e. The number of aliphatic hydroxyl groups is 3. The third kappa shape index (κ3) is 3.34. The number of rotatable bonds is 4. The fourth-order valence-electron chi connectivity index (χ4n) is 8.78. The summed E-state index contributed by atoms with van der Waals surface area (Å²) in [5, 5.41) is 33.1. The molecule has 0 radical (unpaired) electrons. The van der Waals surface area contributed by atoms with Crippen molar-refractivity contribution in [2.24, 2.45) is 46.3 Å². The molecule has 5 nitrogen and oxygen atoms in total. The van der Waals surface area contributed by atoms with Gasteiger partial charge in [-0.2, -0.15) is 0 Å². The molecule has 0 heterocycles. The molecule has 5 heteroatoms. The summed E-state index contributed by atoms with van der Waals surface area (Å²) in [4.78, 5) is 11.7. The molecule has 0 aliphatic heterocycles. The van der Waals surface area contributed by atoms with Gasteiger partial charge < -0.3 is 20.1 Å². The van der Waals surface area contributed by atoms with Gasteiger partial charge in [0.05, 0.1) is 25.4 Å². The summed E-state index contributed by atoms with van der Waals surface area (Å²) in [6.07, 6.45) is 6.60. The molecule has 172 valence electrons. The van der Waals surface area contributed by atoms with Crippen LogP contribution in [-0.2, 0) is 9.53 Å². The third-order valence-corrected chi connectivity index (χ3v) is 10.6. The smallest absolute Gasteiger partial charge is 0.305 e. The second-order valence-electron chi connectivity index (χ2n) is 11.6. The number of ether oxygens (including phenoxy) is 1. The summed E-state index contributed by atoms with van der Waals surface area (Å²) in [5.74, 6) is 1.81. The zero-order valence-electron chi connectivity index (χ0n) is 19.2. The zero-order valence-corrected chi connectivity index (χ0v) is 19.2. The van der Waals surface area contributed by atoms with E-state index in [2.05, 4.69) is 20.8 Å². The molecule has 11 atom stereocenters. The van der Waals surface area contributed by atoms with E-state index < -0.39 is 0 Å². The molecular formula is C25H42O5. The average molecular weight is 423 g/mol. The maximum Gasteiger partial charge on any atom is 0.305 e. The van der Waals surface area contributed by atoms with Gasteiger partial charge in [-0.3, -0.25) is 4.79 Å². The van der Waals surface area contributed by atoms with Gasteiger partial charge in [0.15, 0.2) is 0 Å². The van der Waals surface area contributed by atoms with Crippen molar-refractivity contribution in [1.29, 1.82) is 0 Å². The molecule has 0 aromatic rings. The number of fused-ring (bicyclic) bond motifs is 5. The molecule has 30 heavy (non-hydrogen) atoms. The summed E-state index contributed by atoms with van der Waals surface area (Å²) in [5.41, 5.74) is -0.0882. The molecule has 4 aliphatic rings. The van der Waals surface area contributed by atoms with Gasteiger partial charge in [0.25, 0.3) is 0 Å². The summed E-state index contributed by atoms with van der Waals surface area (Å²) in [7, 11) is 1.44. The second-order valence-corrected chi connectivity index (χ2v) is 11.6. The van der Waals surface area contributed by atoms with Crippen molar-refractivity contribution in [2.45, 2.75) is 96.9 Å². The van der Waals surface area contributed by atoms with Crippen LogP contribution in [0.15, 0.2) is 0 Å². The van der Waals surface area contributed by atoms with Crippen molar-refractivity contribution in [3.63, 3.8) is 0 Å². The lowest BCUT2D eigenvalue weighted by atomic mass is 9.43. The first-order chi connectivity index (χ1) is 14.1. The average Bonchev–Trinajstić information content (AvgIpc) is 3.06. The van der Waals surface area contributed by atoms with Gasteiger partial charge in [0.1, 0.15) is 0 Å². The van der Waals surface area contributed by atoms with Gasteiger partial charge in [-0.05, 0) is 97.7 Å². The van der Waals surface area contributed by atoms with E-state index >= 15 is 0 Å². The monoisotopic (exact) mass is 422 g/mol. The van der Waals surface area contributed by atoms with E-state index in [4.69, 9.17) is 4.74 Å². The fraction of sp³-hybridized carbons (Fsp3) is 0.960. The predicted octanol–water partition coefficient (Wildman–Crippen LogP) is 3.54. The third-order valence-electron chi connectivity index (χ3n) is 10.6. The van der Waals surface area contributed by atoms with E-state index in [9.17, 15) is 20.1 Å². The number of aliphatic hydroxyl groups excluding tert-OH is 3. The Hall–Kier alpha value is -0.650. The number of hydrogen-bond acceptors (Lipinski definition) is 5. The normalized spacial score (nSPS) is 51.4. The SMILES string of the molecule is COC(=O)CC[C@@H](C)[C@H]1CC[C@H]2[C@@H]3[C@H](O)CC4C[C@H](O)CC[C@]4(C)[C@H]3C[C@H](O)[C@]12C. The van der Waals surface area contributed by atoms with Crippen LogP contribution in [0.25, 0.3) is 0 Å². The van der Waals surface area contributed by atoms with Crippen molar-refractivity contribution in [1.82, 2.24) is 0 Å². The predicted molar refractivity (Wildman–Crippen MR) is 114 cm³/mol. The Morgan fingerprint density at radius 2 is 1.80 bits per heavy atom. The molecule has 0 spiro atoms. The first-order valence-corrected chi connectivity index (χ1v) is 12.2. The van der Waals surface area contributed by atoms with E-state index in [1.165, 1.54) is 7.11 Å². The first kappa shape index (κ1) is 22.5. The molecule has 4 fully saturated rings. The first-order valence-electron chi connectivity index (χ1n) is 12.2. The van der Waals surface area contributed by atoms with Crippen LogP contribution < -0.4 is 0 Å². The zero-order chi connectivity index (χ0) is 21.8. The van der Waals surface area contributed by atoms with E-state index in [0.29, 0.717) is 36.0 Å². The number of hydrogen-bond donors (Lipinski definition) is 3. The maximum atomic E-state index is 11.7. The van der Waals surface area contributed by atoms with E-state index in [1.807, 2.05) is 0 Å². The van der Waals surface area contributed by atoms with Crippen molar-refractivity contribution >= 4 is 5.97 Å². The summed E-state index contributed by atoms with van der Waals surface area (Å²) in [6, 6.07) is 0.